The molecule has 1 aliphatic rings. The van der Waals surface area contributed by atoms with Gasteiger partial charge in [-0.2, -0.15) is 0 Å². The van der Waals surface area contributed by atoms with E-state index in [1.54, 1.807) is 29.1 Å². The molecule has 0 bridgehead atoms. The molecule has 5 heteroatoms. The SMILES string of the molecule is C=CCc1cc(C(=O)N2CCN(C=O)CC2)ccc1OC. The molecule has 0 unspecified atom stereocenters. The van der Waals surface area contributed by atoms with Gasteiger partial charge < -0.3 is 14.5 Å². The molecule has 21 heavy (non-hydrogen) atoms. The van der Waals surface area contributed by atoms with E-state index in [-0.39, 0.29) is 5.91 Å². The number of amides is 2. The summed E-state index contributed by atoms with van der Waals surface area (Å²) >= 11 is 0. The van der Waals surface area contributed by atoms with Crippen LogP contribution in [0.25, 0.3) is 0 Å². The molecule has 5 nitrogen and oxygen atoms in total. The summed E-state index contributed by atoms with van der Waals surface area (Å²) in [4.78, 5) is 26.7. The van der Waals surface area contributed by atoms with Crippen molar-refractivity contribution < 1.29 is 14.3 Å². The Bertz CT molecular complexity index is 534. The number of carbonyl (C=O) groups excluding carboxylic acids is 2. The molecule has 1 aliphatic heterocycles. The smallest absolute Gasteiger partial charge is 0.253 e. The molecular formula is C16H20N2O3. The second kappa shape index (κ2) is 6.92. The second-order valence-corrected chi connectivity index (χ2v) is 4.95. The minimum absolute atomic E-state index is 0.00601. The minimum atomic E-state index is -0.00601. The number of hydrogen-bond donors (Lipinski definition) is 0. The van der Waals surface area contributed by atoms with Crippen LogP contribution in [0.1, 0.15) is 15.9 Å². The summed E-state index contributed by atoms with van der Waals surface area (Å²) in [6, 6.07) is 5.45. The summed E-state index contributed by atoms with van der Waals surface area (Å²) < 4.78 is 5.29. The summed E-state index contributed by atoms with van der Waals surface area (Å²) in [6.45, 7) is 6.04. The predicted octanol–water partition coefficient (Wildman–Crippen LogP) is 1.34. The molecule has 2 rings (SSSR count). The van der Waals surface area contributed by atoms with Crippen molar-refractivity contribution in [3.63, 3.8) is 0 Å². The molecule has 0 saturated carbocycles. The first-order valence-electron chi connectivity index (χ1n) is 6.96. The molecule has 0 aromatic heterocycles. The number of nitrogens with zero attached hydrogens (tertiary/aromatic N) is 2. The van der Waals surface area contributed by atoms with Gasteiger partial charge in [-0.15, -0.1) is 6.58 Å². The average molecular weight is 288 g/mol. The van der Waals surface area contributed by atoms with Crippen molar-refractivity contribution in [2.45, 2.75) is 6.42 Å². The Labute approximate surface area is 124 Å². The van der Waals surface area contributed by atoms with E-state index >= 15 is 0 Å². The van der Waals surface area contributed by atoms with E-state index in [4.69, 9.17) is 4.74 Å². The topological polar surface area (TPSA) is 49.9 Å². The standard InChI is InChI=1S/C16H20N2O3/c1-3-4-13-11-14(5-6-15(13)21-2)16(20)18-9-7-17(12-19)8-10-18/h3,5-6,11-12H,1,4,7-10H2,2H3. The van der Waals surface area contributed by atoms with Crippen molar-refractivity contribution in [1.29, 1.82) is 0 Å². The van der Waals surface area contributed by atoms with Gasteiger partial charge in [0, 0.05) is 31.7 Å². The van der Waals surface area contributed by atoms with Gasteiger partial charge in [0.15, 0.2) is 0 Å². The van der Waals surface area contributed by atoms with Gasteiger partial charge in [-0.3, -0.25) is 9.59 Å². The number of piperazine rings is 1. The Balaban J connectivity index is 2.14. The lowest BCUT2D eigenvalue weighted by molar-refractivity contribution is -0.119. The summed E-state index contributed by atoms with van der Waals surface area (Å²) in [5.41, 5.74) is 1.59. The van der Waals surface area contributed by atoms with Gasteiger partial charge in [-0.25, -0.2) is 0 Å². The van der Waals surface area contributed by atoms with Crippen LogP contribution in [-0.2, 0) is 11.2 Å². The number of methoxy groups -OCH3 is 1. The first-order chi connectivity index (χ1) is 10.2. The Kier molecular flexibility index (Phi) is 4.98. The maximum Gasteiger partial charge on any atom is 0.253 e. The number of hydrogen-bond acceptors (Lipinski definition) is 3. The monoisotopic (exact) mass is 288 g/mol. The molecule has 1 heterocycles. The number of carbonyl (C=O) groups is 2. The third kappa shape index (κ3) is 3.42. The van der Waals surface area contributed by atoms with Crippen LogP contribution >= 0.6 is 0 Å². The fourth-order valence-electron chi connectivity index (χ4n) is 2.44. The predicted molar refractivity (Wildman–Crippen MR) is 80.4 cm³/mol. The van der Waals surface area contributed by atoms with Crippen molar-refractivity contribution in [1.82, 2.24) is 9.80 Å². The Hall–Kier alpha value is -2.30. The largest absolute Gasteiger partial charge is 0.496 e. The summed E-state index contributed by atoms with van der Waals surface area (Å²) in [6.07, 6.45) is 3.27. The van der Waals surface area contributed by atoms with Crippen LogP contribution < -0.4 is 4.74 Å². The molecule has 1 fully saturated rings. The van der Waals surface area contributed by atoms with Crippen LogP contribution in [-0.4, -0.2) is 55.4 Å². The molecule has 0 atom stereocenters. The van der Waals surface area contributed by atoms with E-state index in [1.165, 1.54) is 0 Å². The van der Waals surface area contributed by atoms with Crippen molar-refractivity contribution in [2.75, 3.05) is 33.3 Å². The molecular weight excluding hydrogens is 268 g/mol. The van der Waals surface area contributed by atoms with Gasteiger partial charge in [-0.1, -0.05) is 6.08 Å². The quantitative estimate of drug-likeness (QED) is 0.607. The van der Waals surface area contributed by atoms with Gasteiger partial charge in [0.25, 0.3) is 5.91 Å². The van der Waals surface area contributed by atoms with Gasteiger partial charge in [0.1, 0.15) is 5.75 Å². The Morgan fingerprint density at radius 3 is 2.62 bits per heavy atom. The molecule has 1 aromatic rings. The number of ether oxygens (including phenoxy) is 1. The third-order valence-corrected chi connectivity index (χ3v) is 3.64. The maximum absolute atomic E-state index is 12.5. The fraction of sp³-hybridized carbons (Fsp3) is 0.375. The van der Waals surface area contributed by atoms with Gasteiger partial charge in [0.2, 0.25) is 6.41 Å². The van der Waals surface area contributed by atoms with E-state index in [9.17, 15) is 9.59 Å². The summed E-state index contributed by atoms with van der Waals surface area (Å²) in [7, 11) is 1.61. The van der Waals surface area contributed by atoms with Crippen LogP contribution in [0.3, 0.4) is 0 Å². The number of allylic oxidation sites excluding steroid dienone is 1. The molecule has 0 aliphatic carbocycles. The first kappa shape index (κ1) is 15.1. The lowest BCUT2D eigenvalue weighted by Gasteiger charge is -2.32. The van der Waals surface area contributed by atoms with Crippen LogP contribution in [0.2, 0.25) is 0 Å². The molecule has 2 amide bonds. The van der Waals surface area contributed by atoms with Crippen LogP contribution in [0.15, 0.2) is 30.9 Å². The minimum Gasteiger partial charge on any atom is -0.496 e. The van der Waals surface area contributed by atoms with E-state index in [1.807, 2.05) is 12.1 Å². The van der Waals surface area contributed by atoms with Crippen molar-refractivity contribution in [3.05, 3.63) is 42.0 Å². The van der Waals surface area contributed by atoms with Crippen molar-refractivity contribution in [2.24, 2.45) is 0 Å². The van der Waals surface area contributed by atoms with Crippen molar-refractivity contribution in [3.8, 4) is 5.75 Å². The van der Waals surface area contributed by atoms with E-state index < -0.39 is 0 Å². The highest BCUT2D eigenvalue weighted by molar-refractivity contribution is 5.94. The number of rotatable bonds is 5. The Morgan fingerprint density at radius 2 is 2.05 bits per heavy atom. The molecule has 1 saturated heterocycles. The summed E-state index contributed by atoms with van der Waals surface area (Å²) in [5.74, 6) is 0.755. The zero-order valence-electron chi connectivity index (χ0n) is 12.2. The van der Waals surface area contributed by atoms with E-state index in [2.05, 4.69) is 6.58 Å². The Morgan fingerprint density at radius 1 is 1.33 bits per heavy atom. The normalized spacial score (nSPS) is 14.7. The molecule has 0 N–H and O–H groups in total. The molecule has 0 spiro atoms. The molecule has 112 valence electrons. The van der Waals surface area contributed by atoms with Crippen LogP contribution in [0.4, 0.5) is 0 Å². The van der Waals surface area contributed by atoms with E-state index in [0.29, 0.717) is 38.2 Å². The maximum atomic E-state index is 12.5. The van der Waals surface area contributed by atoms with Gasteiger partial charge in [0.05, 0.1) is 7.11 Å². The molecule has 1 aromatic carbocycles. The highest BCUT2D eigenvalue weighted by Gasteiger charge is 2.21. The van der Waals surface area contributed by atoms with Gasteiger partial charge >= 0.3 is 0 Å². The lowest BCUT2D eigenvalue weighted by atomic mass is 10.1. The third-order valence-electron chi connectivity index (χ3n) is 3.64. The fourth-order valence-corrected chi connectivity index (χ4v) is 2.44. The number of benzene rings is 1. The second-order valence-electron chi connectivity index (χ2n) is 4.95. The zero-order valence-corrected chi connectivity index (χ0v) is 12.2. The summed E-state index contributed by atoms with van der Waals surface area (Å²) in [5, 5.41) is 0. The zero-order chi connectivity index (χ0) is 15.2. The van der Waals surface area contributed by atoms with Crippen LogP contribution in [0, 0.1) is 0 Å². The van der Waals surface area contributed by atoms with Crippen LogP contribution in [0.5, 0.6) is 5.75 Å². The lowest BCUT2D eigenvalue weighted by Crippen LogP contribution is -2.48. The first-order valence-corrected chi connectivity index (χ1v) is 6.96. The van der Waals surface area contributed by atoms with Gasteiger partial charge in [-0.05, 0) is 30.2 Å². The highest BCUT2D eigenvalue weighted by Crippen LogP contribution is 2.22. The average Bonchev–Trinajstić information content (AvgIpc) is 2.54. The van der Waals surface area contributed by atoms with E-state index in [0.717, 1.165) is 17.7 Å². The highest BCUT2D eigenvalue weighted by atomic mass is 16.5. The van der Waals surface area contributed by atoms with Crippen molar-refractivity contribution >= 4 is 12.3 Å². The molecule has 0 radical (unpaired) electrons.